The molecule has 2 nitrogen and oxygen atoms in total. The van der Waals surface area contributed by atoms with Crippen molar-refractivity contribution in [2.45, 2.75) is 25.6 Å². The van der Waals surface area contributed by atoms with E-state index < -0.39 is 17.8 Å². The van der Waals surface area contributed by atoms with Gasteiger partial charge in [0, 0.05) is 3.57 Å². The highest BCUT2D eigenvalue weighted by Gasteiger charge is 2.34. The maximum Gasteiger partial charge on any atom is 0.419 e. The predicted octanol–water partition coefficient (Wildman–Crippen LogP) is 3.99. The Labute approximate surface area is 111 Å². The van der Waals surface area contributed by atoms with Crippen LogP contribution >= 0.6 is 22.6 Å². The van der Waals surface area contributed by atoms with E-state index >= 15 is 0 Å². The molecular weight excluding hydrogens is 346 g/mol. The van der Waals surface area contributed by atoms with Crippen LogP contribution in [0.1, 0.15) is 18.9 Å². The number of hydrogen-bond acceptors (Lipinski definition) is 2. The van der Waals surface area contributed by atoms with Gasteiger partial charge in [-0.2, -0.15) is 18.4 Å². The number of nitrogens with zero attached hydrogens (tertiary/aromatic N) is 1. The molecule has 0 bridgehead atoms. The normalized spacial score (nSPS) is 12.9. The van der Waals surface area contributed by atoms with Crippen LogP contribution in [-0.2, 0) is 6.18 Å². The number of benzene rings is 1. The molecule has 1 aromatic carbocycles. The Morgan fingerprint density at radius 3 is 2.59 bits per heavy atom. The van der Waals surface area contributed by atoms with Crippen LogP contribution < -0.4 is 4.74 Å². The second kappa shape index (κ2) is 5.58. The van der Waals surface area contributed by atoms with E-state index in [9.17, 15) is 13.2 Å². The van der Waals surface area contributed by atoms with Gasteiger partial charge in [0.15, 0.2) is 6.10 Å². The minimum Gasteiger partial charge on any atom is -0.475 e. The van der Waals surface area contributed by atoms with Gasteiger partial charge in [-0.3, -0.25) is 0 Å². The quantitative estimate of drug-likeness (QED) is 0.769. The maximum absolute atomic E-state index is 12.7. The van der Waals surface area contributed by atoms with Gasteiger partial charge in [0.25, 0.3) is 0 Å². The minimum atomic E-state index is -4.48. The van der Waals surface area contributed by atoms with Gasteiger partial charge in [-0.1, -0.05) is 6.92 Å². The Balaban J connectivity index is 3.13. The van der Waals surface area contributed by atoms with Gasteiger partial charge < -0.3 is 4.74 Å². The van der Waals surface area contributed by atoms with E-state index in [1.165, 1.54) is 12.1 Å². The van der Waals surface area contributed by atoms with Crippen molar-refractivity contribution < 1.29 is 17.9 Å². The number of rotatable bonds is 3. The van der Waals surface area contributed by atoms with Gasteiger partial charge in [-0.25, -0.2) is 0 Å². The molecule has 0 amide bonds. The molecule has 0 aromatic heterocycles. The zero-order chi connectivity index (χ0) is 13.1. The third-order valence-corrected chi connectivity index (χ3v) is 2.70. The molecule has 0 spiro atoms. The number of nitriles is 1. The molecule has 0 saturated heterocycles. The topological polar surface area (TPSA) is 33.0 Å². The van der Waals surface area contributed by atoms with E-state index in [1.807, 2.05) is 22.6 Å². The van der Waals surface area contributed by atoms with Crippen molar-refractivity contribution in [1.29, 1.82) is 5.26 Å². The monoisotopic (exact) mass is 355 g/mol. The number of hydrogen-bond donors (Lipinski definition) is 0. The maximum atomic E-state index is 12.7. The number of halogens is 4. The summed E-state index contributed by atoms with van der Waals surface area (Å²) >= 11 is 1.89. The lowest BCUT2D eigenvalue weighted by atomic mass is 10.2. The van der Waals surface area contributed by atoms with Gasteiger partial charge in [-0.15, -0.1) is 0 Å². The van der Waals surface area contributed by atoms with Crippen LogP contribution in [0.4, 0.5) is 13.2 Å². The third kappa shape index (κ3) is 3.77. The summed E-state index contributed by atoms with van der Waals surface area (Å²) < 4.78 is 43.7. The van der Waals surface area contributed by atoms with Crippen molar-refractivity contribution in [3.05, 3.63) is 27.3 Å². The molecule has 0 radical (unpaired) electrons. The summed E-state index contributed by atoms with van der Waals surface area (Å²) in [5.74, 6) is -0.294. The van der Waals surface area contributed by atoms with E-state index in [1.54, 1.807) is 13.0 Å². The van der Waals surface area contributed by atoms with E-state index in [0.29, 0.717) is 9.99 Å². The fourth-order valence-corrected chi connectivity index (χ4v) is 1.64. The zero-order valence-corrected chi connectivity index (χ0v) is 11.0. The van der Waals surface area contributed by atoms with E-state index in [-0.39, 0.29) is 5.75 Å². The van der Waals surface area contributed by atoms with Crippen molar-refractivity contribution in [3.63, 3.8) is 0 Å². The summed E-state index contributed by atoms with van der Waals surface area (Å²) in [7, 11) is 0. The number of ether oxygens (including phenoxy) is 1. The first-order valence-corrected chi connectivity index (χ1v) is 5.89. The van der Waals surface area contributed by atoms with Crippen molar-refractivity contribution in [2.24, 2.45) is 0 Å². The highest BCUT2D eigenvalue weighted by atomic mass is 127. The van der Waals surface area contributed by atoms with E-state index in [2.05, 4.69) is 0 Å². The fraction of sp³-hybridized carbons (Fsp3) is 0.364. The molecule has 0 aliphatic heterocycles. The lowest BCUT2D eigenvalue weighted by molar-refractivity contribution is -0.139. The average Bonchev–Trinajstić information content (AvgIpc) is 2.24. The Hall–Kier alpha value is -0.970. The second-order valence-corrected chi connectivity index (χ2v) is 4.53. The molecule has 1 atom stereocenters. The van der Waals surface area contributed by atoms with Crippen LogP contribution in [0.5, 0.6) is 5.75 Å². The summed E-state index contributed by atoms with van der Waals surface area (Å²) in [5, 5.41) is 8.69. The summed E-state index contributed by atoms with van der Waals surface area (Å²) in [5.41, 5.74) is -0.855. The predicted molar refractivity (Wildman–Crippen MR) is 64.5 cm³/mol. The molecule has 6 heteroatoms. The summed E-state index contributed by atoms with van der Waals surface area (Å²) in [6.07, 6.45) is -5.01. The Bertz CT molecular complexity index is 439. The first kappa shape index (κ1) is 14.1. The molecule has 92 valence electrons. The van der Waals surface area contributed by atoms with Gasteiger partial charge in [-0.05, 0) is 47.2 Å². The van der Waals surface area contributed by atoms with Crippen molar-refractivity contribution in [2.75, 3.05) is 0 Å². The van der Waals surface area contributed by atoms with Gasteiger partial charge in [0.2, 0.25) is 0 Å². The molecule has 1 aromatic rings. The van der Waals surface area contributed by atoms with Crippen LogP contribution in [0.25, 0.3) is 0 Å². The Morgan fingerprint density at radius 1 is 1.47 bits per heavy atom. The summed E-state index contributed by atoms with van der Waals surface area (Å²) in [4.78, 5) is 0. The molecule has 1 unspecified atom stereocenters. The smallest absolute Gasteiger partial charge is 0.419 e. The first-order chi connectivity index (χ1) is 7.88. The average molecular weight is 355 g/mol. The zero-order valence-electron chi connectivity index (χ0n) is 8.88. The Kier molecular flexibility index (Phi) is 4.62. The second-order valence-electron chi connectivity index (χ2n) is 3.28. The van der Waals surface area contributed by atoms with Crippen molar-refractivity contribution in [3.8, 4) is 11.8 Å². The van der Waals surface area contributed by atoms with E-state index in [4.69, 9.17) is 10.00 Å². The fourth-order valence-electron chi connectivity index (χ4n) is 1.18. The van der Waals surface area contributed by atoms with Crippen LogP contribution in [0, 0.1) is 14.9 Å². The van der Waals surface area contributed by atoms with Crippen LogP contribution in [0.2, 0.25) is 0 Å². The minimum absolute atomic E-state index is 0.294. The molecule has 0 heterocycles. The standard InChI is InChI=1S/C11H9F3INO/c1-2-8(6-16)17-10-5-7(15)3-4-9(10)11(12,13)14/h3-5,8H,2H2,1H3. The largest absolute Gasteiger partial charge is 0.475 e. The Morgan fingerprint density at radius 2 is 2.12 bits per heavy atom. The first-order valence-electron chi connectivity index (χ1n) is 4.81. The molecule has 0 fully saturated rings. The summed E-state index contributed by atoms with van der Waals surface area (Å²) in [6.45, 7) is 1.68. The summed E-state index contributed by atoms with van der Waals surface area (Å²) in [6, 6.07) is 5.40. The van der Waals surface area contributed by atoms with Gasteiger partial charge in [0.05, 0.1) is 5.56 Å². The van der Waals surface area contributed by atoms with Crippen molar-refractivity contribution in [1.82, 2.24) is 0 Å². The van der Waals surface area contributed by atoms with Crippen LogP contribution in [-0.4, -0.2) is 6.10 Å². The molecule has 0 aliphatic rings. The van der Waals surface area contributed by atoms with Crippen LogP contribution in [0.3, 0.4) is 0 Å². The molecule has 1 rings (SSSR count). The molecule has 17 heavy (non-hydrogen) atoms. The van der Waals surface area contributed by atoms with E-state index in [0.717, 1.165) is 6.07 Å². The SMILES string of the molecule is CCC(C#N)Oc1cc(I)ccc1C(F)(F)F. The van der Waals surface area contributed by atoms with Crippen molar-refractivity contribution >= 4 is 22.6 Å². The lowest BCUT2D eigenvalue weighted by Gasteiger charge is -2.16. The van der Waals surface area contributed by atoms with Gasteiger partial charge >= 0.3 is 6.18 Å². The molecule has 0 aliphatic carbocycles. The highest BCUT2D eigenvalue weighted by Crippen LogP contribution is 2.37. The molecular formula is C11H9F3INO. The van der Waals surface area contributed by atoms with Crippen LogP contribution in [0.15, 0.2) is 18.2 Å². The highest BCUT2D eigenvalue weighted by molar-refractivity contribution is 14.1. The third-order valence-electron chi connectivity index (χ3n) is 2.03. The number of alkyl halides is 3. The molecule has 0 saturated carbocycles. The van der Waals surface area contributed by atoms with Gasteiger partial charge in [0.1, 0.15) is 11.8 Å². The lowest BCUT2D eigenvalue weighted by Crippen LogP contribution is -2.16. The molecule has 0 N–H and O–H groups in total.